The summed E-state index contributed by atoms with van der Waals surface area (Å²) in [5.74, 6) is 7.02. The first-order valence-electron chi connectivity index (χ1n) is 12.5. The van der Waals surface area contributed by atoms with Gasteiger partial charge in [-0.05, 0) is 86.0 Å². The standard InChI is InChI=1S/C29H33N3O4/c1-36-24-6-7-27-26(19-24)25(12-16-31-27)28(33)8-4-22-13-18-32(20-23(22)5-9-29(34)35)17-2-3-21-10-14-30-15-11-21/h6-7,10-12,14-16,19,22-23,28,33H,4-5,8-9,13,17-18,20H2,1H3,(H,34,35)/t22-,23-,28-/m1/s1. The van der Waals surface area contributed by atoms with E-state index in [9.17, 15) is 15.0 Å². The van der Waals surface area contributed by atoms with Gasteiger partial charge in [0.2, 0.25) is 0 Å². The second-order valence-electron chi connectivity index (χ2n) is 9.39. The molecule has 3 heterocycles. The fourth-order valence-corrected chi connectivity index (χ4v) is 5.10. The molecule has 1 aliphatic heterocycles. The summed E-state index contributed by atoms with van der Waals surface area (Å²) in [4.78, 5) is 22.0. The Morgan fingerprint density at radius 2 is 2.00 bits per heavy atom. The van der Waals surface area contributed by atoms with E-state index in [0.717, 1.165) is 53.7 Å². The molecule has 188 valence electrons. The number of aliphatic hydroxyl groups is 1. The van der Waals surface area contributed by atoms with Crippen LogP contribution in [0.25, 0.3) is 10.9 Å². The predicted octanol–water partition coefficient (Wildman–Crippen LogP) is 4.31. The van der Waals surface area contributed by atoms with Crippen molar-refractivity contribution in [3.63, 3.8) is 0 Å². The lowest BCUT2D eigenvalue weighted by Crippen LogP contribution is -2.41. The minimum atomic E-state index is -0.763. The van der Waals surface area contributed by atoms with E-state index in [0.29, 0.717) is 25.3 Å². The van der Waals surface area contributed by atoms with Crippen molar-refractivity contribution in [2.75, 3.05) is 26.7 Å². The minimum Gasteiger partial charge on any atom is -0.497 e. The van der Waals surface area contributed by atoms with Gasteiger partial charge in [-0.2, -0.15) is 0 Å². The summed E-state index contributed by atoms with van der Waals surface area (Å²) in [6.45, 7) is 2.41. The number of hydrogen-bond acceptors (Lipinski definition) is 6. The maximum absolute atomic E-state index is 11.3. The number of pyridine rings is 2. The third kappa shape index (κ3) is 6.81. The first-order valence-corrected chi connectivity index (χ1v) is 12.5. The van der Waals surface area contributed by atoms with Crippen LogP contribution in [-0.2, 0) is 4.79 Å². The normalized spacial score (nSPS) is 18.8. The summed E-state index contributed by atoms with van der Waals surface area (Å²) in [7, 11) is 1.63. The van der Waals surface area contributed by atoms with E-state index in [-0.39, 0.29) is 12.3 Å². The molecule has 1 aliphatic rings. The van der Waals surface area contributed by atoms with E-state index in [2.05, 4.69) is 26.7 Å². The third-order valence-electron chi connectivity index (χ3n) is 7.07. The molecule has 0 aliphatic carbocycles. The molecule has 1 saturated heterocycles. The van der Waals surface area contributed by atoms with E-state index in [1.54, 1.807) is 25.7 Å². The molecule has 3 atom stereocenters. The quantitative estimate of drug-likeness (QED) is 0.434. The maximum atomic E-state index is 11.3. The van der Waals surface area contributed by atoms with Crippen LogP contribution in [0.1, 0.15) is 49.3 Å². The summed E-state index contributed by atoms with van der Waals surface area (Å²) in [6.07, 6.45) is 7.81. The fraction of sp³-hybridized carbons (Fsp3) is 0.414. The minimum absolute atomic E-state index is 0.162. The van der Waals surface area contributed by atoms with Crippen LogP contribution < -0.4 is 4.74 Å². The number of aliphatic hydroxyl groups excluding tert-OH is 1. The molecule has 3 aromatic rings. The van der Waals surface area contributed by atoms with E-state index in [1.807, 2.05) is 36.4 Å². The van der Waals surface area contributed by atoms with Crippen molar-refractivity contribution in [3.05, 3.63) is 66.1 Å². The lowest BCUT2D eigenvalue weighted by molar-refractivity contribution is -0.137. The Bertz CT molecular complexity index is 1220. The Balaban J connectivity index is 1.39. The van der Waals surface area contributed by atoms with Gasteiger partial charge in [0.05, 0.1) is 25.3 Å². The number of rotatable bonds is 9. The number of fused-ring (bicyclic) bond motifs is 1. The van der Waals surface area contributed by atoms with Crippen LogP contribution >= 0.6 is 0 Å². The van der Waals surface area contributed by atoms with Gasteiger partial charge < -0.3 is 14.9 Å². The molecule has 0 spiro atoms. The van der Waals surface area contributed by atoms with Crippen molar-refractivity contribution in [1.29, 1.82) is 0 Å². The fourth-order valence-electron chi connectivity index (χ4n) is 5.10. The van der Waals surface area contributed by atoms with Gasteiger partial charge >= 0.3 is 5.97 Å². The number of carboxylic acids is 1. The topological polar surface area (TPSA) is 95.8 Å². The van der Waals surface area contributed by atoms with Gasteiger partial charge in [0, 0.05) is 42.5 Å². The van der Waals surface area contributed by atoms with Crippen LogP contribution in [-0.4, -0.2) is 57.8 Å². The van der Waals surface area contributed by atoms with Crippen molar-refractivity contribution >= 4 is 16.9 Å². The molecule has 1 fully saturated rings. The van der Waals surface area contributed by atoms with Gasteiger partial charge in [-0.25, -0.2) is 0 Å². The van der Waals surface area contributed by atoms with E-state index < -0.39 is 12.1 Å². The van der Waals surface area contributed by atoms with E-state index >= 15 is 0 Å². The molecule has 0 bridgehead atoms. The Morgan fingerprint density at radius 1 is 1.17 bits per heavy atom. The number of likely N-dealkylation sites (tertiary alicyclic amines) is 1. The number of aromatic nitrogens is 2. The Hall–Kier alpha value is -3.47. The van der Waals surface area contributed by atoms with Crippen molar-refractivity contribution in [1.82, 2.24) is 14.9 Å². The summed E-state index contributed by atoms with van der Waals surface area (Å²) >= 11 is 0. The maximum Gasteiger partial charge on any atom is 0.303 e. The summed E-state index contributed by atoms with van der Waals surface area (Å²) in [5.41, 5.74) is 2.62. The molecule has 36 heavy (non-hydrogen) atoms. The van der Waals surface area contributed by atoms with E-state index in [1.165, 1.54) is 0 Å². The van der Waals surface area contributed by atoms with Gasteiger partial charge in [0.15, 0.2) is 0 Å². The number of nitrogens with zero attached hydrogens (tertiary/aromatic N) is 3. The monoisotopic (exact) mass is 487 g/mol. The lowest BCUT2D eigenvalue weighted by Gasteiger charge is -2.38. The molecule has 1 aromatic carbocycles. The second kappa shape index (κ2) is 12.5. The average molecular weight is 488 g/mol. The molecule has 0 amide bonds. The first kappa shape index (κ1) is 25.6. The highest BCUT2D eigenvalue weighted by molar-refractivity contribution is 5.83. The zero-order valence-electron chi connectivity index (χ0n) is 20.6. The highest BCUT2D eigenvalue weighted by atomic mass is 16.5. The smallest absolute Gasteiger partial charge is 0.303 e. The molecule has 2 N–H and O–H groups in total. The Kier molecular flexibility index (Phi) is 8.88. The molecule has 4 rings (SSSR count). The third-order valence-corrected chi connectivity index (χ3v) is 7.07. The summed E-state index contributed by atoms with van der Waals surface area (Å²) in [6, 6.07) is 11.3. The number of ether oxygens (including phenoxy) is 1. The van der Waals surface area contributed by atoms with Crippen LogP contribution in [0.4, 0.5) is 0 Å². The lowest BCUT2D eigenvalue weighted by atomic mass is 9.79. The molecule has 0 saturated carbocycles. The number of carbonyl (C=O) groups is 1. The number of carboxylic acid groups (broad SMARTS) is 1. The van der Waals surface area contributed by atoms with Gasteiger partial charge in [0.25, 0.3) is 0 Å². The largest absolute Gasteiger partial charge is 0.497 e. The predicted molar refractivity (Wildman–Crippen MR) is 139 cm³/mol. The molecular formula is C29H33N3O4. The number of methoxy groups -OCH3 is 1. The van der Waals surface area contributed by atoms with E-state index in [4.69, 9.17) is 4.74 Å². The van der Waals surface area contributed by atoms with Gasteiger partial charge in [-0.1, -0.05) is 11.8 Å². The van der Waals surface area contributed by atoms with Crippen molar-refractivity contribution in [3.8, 4) is 17.6 Å². The van der Waals surface area contributed by atoms with Crippen molar-refractivity contribution in [2.45, 2.75) is 38.2 Å². The Labute approximate surface area is 212 Å². The summed E-state index contributed by atoms with van der Waals surface area (Å²) in [5, 5.41) is 21.3. The van der Waals surface area contributed by atoms with Crippen LogP contribution in [0.2, 0.25) is 0 Å². The molecular weight excluding hydrogens is 454 g/mol. The number of piperidine rings is 1. The number of aliphatic carboxylic acids is 1. The molecule has 7 heteroatoms. The zero-order valence-corrected chi connectivity index (χ0v) is 20.6. The van der Waals surface area contributed by atoms with Crippen molar-refractivity contribution in [2.24, 2.45) is 11.8 Å². The molecule has 0 radical (unpaired) electrons. The zero-order chi connectivity index (χ0) is 25.3. The second-order valence-corrected chi connectivity index (χ2v) is 9.39. The average Bonchev–Trinajstić information content (AvgIpc) is 2.91. The SMILES string of the molecule is COc1ccc2nccc([C@H](O)CC[C@@H]3CCN(CC#Cc4ccncc4)C[C@H]3CCC(=O)O)c2c1. The van der Waals surface area contributed by atoms with Gasteiger partial charge in [-0.15, -0.1) is 0 Å². The van der Waals surface area contributed by atoms with Crippen LogP contribution in [0.15, 0.2) is 55.0 Å². The van der Waals surface area contributed by atoms with Gasteiger partial charge in [-0.3, -0.25) is 19.7 Å². The molecule has 0 unspecified atom stereocenters. The Morgan fingerprint density at radius 3 is 2.78 bits per heavy atom. The number of hydrogen-bond donors (Lipinski definition) is 2. The molecule has 2 aromatic heterocycles. The van der Waals surface area contributed by atoms with Gasteiger partial charge in [0.1, 0.15) is 5.75 Å². The van der Waals surface area contributed by atoms with Crippen molar-refractivity contribution < 1.29 is 19.7 Å². The van der Waals surface area contributed by atoms with Crippen LogP contribution in [0, 0.1) is 23.7 Å². The highest BCUT2D eigenvalue weighted by Gasteiger charge is 2.29. The highest BCUT2D eigenvalue weighted by Crippen LogP contribution is 2.35. The first-order chi connectivity index (χ1) is 17.5. The number of benzene rings is 1. The molecule has 7 nitrogen and oxygen atoms in total. The van der Waals surface area contributed by atoms with Crippen LogP contribution in [0.3, 0.4) is 0 Å². The summed E-state index contributed by atoms with van der Waals surface area (Å²) < 4.78 is 5.36. The van der Waals surface area contributed by atoms with Crippen LogP contribution in [0.5, 0.6) is 5.75 Å².